The maximum Gasteiger partial charge on any atom is 0.227 e. The summed E-state index contributed by atoms with van der Waals surface area (Å²) in [6.45, 7) is 8.95. The molecule has 4 rings (SSSR count). The molecule has 0 spiro atoms. The van der Waals surface area contributed by atoms with Crippen LogP contribution in [0.3, 0.4) is 0 Å². The molecule has 0 N–H and O–H groups in total. The van der Waals surface area contributed by atoms with E-state index in [1.807, 2.05) is 17.2 Å². The minimum Gasteiger partial charge on any atom is -0.356 e. The lowest BCUT2D eigenvalue weighted by Gasteiger charge is -2.35. The summed E-state index contributed by atoms with van der Waals surface area (Å²) < 4.78 is 0. The lowest BCUT2D eigenvalue weighted by Crippen LogP contribution is -2.49. The Labute approximate surface area is 149 Å². The zero-order valence-corrected chi connectivity index (χ0v) is 14.9. The molecule has 0 aliphatic carbocycles. The molecule has 0 saturated carbocycles. The van der Waals surface area contributed by atoms with E-state index in [4.69, 9.17) is 4.98 Å². The summed E-state index contributed by atoms with van der Waals surface area (Å²) >= 11 is 0. The molecule has 0 unspecified atom stereocenters. The summed E-state index contributed by atoms with van der Waals surface area (Å²) in [5.74, 6) is 2.25. The number of carbonyl (C=O) groups excluding carboxylic acids is 1. The van der Waals surface area contributed by atoms with Crippen molar-refractivity contribution in [3.8, 4) is 0 Å². The lowest BCUT2D eigenvalue weighted by molar-refractivity contribution is -0.127. The Morgan fingerprint density at radius 1 is 0.880 bits per heavy atom. The average molecular weight is 344 g/mol. The second-order valence-electron chi connectivity index (χ2n) is 7.22. The maximum absolute atomic E-state index is 11.7. The first-order valence-electron chi connectivity index (χ1n) is 9.63. The molecule has 0 radical (unpaired) electrons. The van der Waals surface area contributed by atoms with E-state index in [1.165, 1.54) is 12.8 Å². The zero-order valence-electron chi connectivity index (χ0n) is 14.9. The van der Waals surface area contributed by atoms with Gasteiger partial charge in [-0.05, 0) is 25.3 Å². The number of likely N-dealkylation sites (tertiary alicyclic amines) is 1. The highest BCUT2D eigenvalue weighted by molar-refractivity contribution is 5.78. The fraction of sp³-hybridized carbons (Fsp3) is 0.722. The lowest BCUT2D eigenvalue weighted by atomic mass is 10.3. The second-order valence-corrected chi connectivity index (χ2v) is 7.22. The van der Waals surface area contributed by atoms with Crippen LogP contribution in [0.25, 0.3) is 0 Å². The fourth-order valence-corrected chi connectivity index (χ4v) is 3.99. The van der Waals surface area contributed by atoms with E-state index >= 15 is 0 Å². The largest absolute Gasteiger partial charge is 0.356 e. The number of nitrogens with zero attached hydrogens (tertiary/aromatic N) is 6. The van der Waals surface area contributed by atoms with Crippen LogP contribution >= 0.6 is 0 Å². The summed E-state index contributed by atoms with van der Waals surface area (Å²) in [7, 11) is 0. The number of hydrogen-bond acceptors (Lipinski definition) is 6. The molecule has 4 heterocycles. The average Bonchev–Trinajstić information content (AvgIpc) is 3.32. The molecule has 1 aromatic rings. The SMILES string of the molecule is O=C1CCCN1CCN1CCN(c2nccc(N3CCCC3)n2)CC1. The highest BCUT2D eigenvalue weighted by Gasteiger charge is 2.23. The van der Waals surface area contributed by atoms with Gasteiger partial charge in [-0.25, -0.2) is 4.98 Å². The number of piperazine rings is 1. The van der Waals surface area contributed by atoms with Crippen LogP contribution in [0.2, 0.25) is 0 Å². The Balaban J connectivity index is 1.28. The van der Waals surface area contributed by atoms with E-state index in [1.54, 1.807) is 0 Å². The second kappa shape index (κ2) is 7.56. The summed E-state index contributed by atoms with van der Waals surface area (Å²) in [4.78, 5) is 30.1. The highest BCUT2D eigenvalue weighted by Crippen LogP contribution is 2.20. The molecule has 0 aromatic carbocycles. The van der Waals surface area contributed by atoms with Gasteiger partial charge in [0.15, 0.2) is 0 Å². The van der Waals surface area contributed by atoms with Crippen LogP contribution in [0.15, 0.2) is 12.3 Å². The highest BCUT2D eigenvalue weighted by atomic mass is 16.2. The quantitative estimate of drug-likeness (QED) is 0.788. The van der Waals surface area contributed by atoms with Gasteiger partial charge in [0.2, 0.25) is 11.9 Å². The predicted molar refractivity (Wildman–Crippen MR) is 97.9 cm³/mol. The van der Waals surface area contributed by atoms with Crippen LogP contribution in [-0.4, -0.2) is 84.6 Å². The fourth-order valence-electron chi connectivity index (χ4n) is 3.99. The van der Waals surface area contributed by atoms with Gasteiger partial charge >= 0.3 is 0 Å². The van der Waals surface area contributed by atoms with Gasteiger partial charge in [-0.15, -0.1) is 0 Å². The first-order valence-corrected chi connectivity index (χ1v) is 9.63. The summed E-state index contributed by atoms with van der Waals surface area (Å²) in [6.07, 6.45) is 6.17. The molecule has 3 aliphatic heterocycles. The van der Waals surface area contributed by atoms with Crippen LogP contribution in [0.4, 0.5) is 11.8 Å². The number of carbonyl (C=O) groups is 1. The normalized spacial score (nSPS) is 22.2. The van der Waals surface area contributed by atoms with Crippen molar-refractivity contribution in [3.05, 3.63) is 12.3 Å². The summed E-state index contributed by atoms with van der Waals surface area (Å²) in [5, 5.41) is 0. The van der Waals surface area contributed by atoms with E-state index in [0.29, 0.717) is 5.91 Å². The number of hydrogen-bond donors (Lipinski definition) is 0. The molecule has 3 fully saturated rings. The molecule has 136 valence electrons. The van der Waals surface area contributed by atoms with Crippen molar-refractivity contribution in [1.29, 1.82) is 0 Å². The summed E-state index contributed by atoms with van der Waals surface area (Å²) in [5.41, 5.74) is 0. The van der Waals surface area contributed by atoms with Gasteiger partial charge < -0.3 is 14.7 Å². The number of aromatic nitrogens is 2. The standard InChI is InChI=1S/C18H28N6O/c25-17-4-3-9-23(17)13-10-21-11-14-24(15-12-21)18-19-6-5-16(20-18)22-7-1-2-8-22/h5-6H,1-4,7-15H2. The van der Waals surface area contributed by atoms with Gasteiger partial charge in [-0.3, -0.25) is 9.69 Å². The van der Waals surface area contributed by atoms with Gasteiger partial charge in [-0.1, -0.05) is 0 Å². The van der Waals surface area contributed by atoms with Gasteiger partial charge in [0.05, 0.1) is 0 Å². The van der Waals surface area contributed by atoms with E-state index in [9.17, 15) is 4.79 Å². The Bertz CT molecular complexity index is 595. The van der Waals surface area contributed by atoms with Gasteiger partial charge in [0.1, 0.15) is 5.82 Å². The van der Waals surface area contributed by atoms with Crippen LogP contribution in [-0.2, 0) is 4.79 Å². The molecule has 1 aromatic heterocycles. The van der Waals surface area contributed by atoms with Crippen LogP contribution < -0.4 is 9.80 Å². The molecule has 7 nitrogen and oxygen atoms in total. The van der Waals surface area contributed by atoms with Crippen molar-refractivity contribution in [2.45, 2.75) is 25.7 Å². The van der Waals surface area contributed by atoms with Gasteiger partial charge in [0.25, 0.3) is 0 Å². The van der Waals surface area contributed by atoms with Gasteiger partial charge in [-0.2, -0.15) is 4.98 Å². The van der Waals surface area contributed by atoms with Crippen molar-refractivity contribution in [2.75, 3.05) is 68.7 Å². The number of anilines is 2. The van der Waals surface area contributed by atoms with E-state index in [0.717, 1.165) is 83.5 Å². The molecule has 1 amide bonds. The molecular weight excluding hydrogens is 316 g/mol. The Morgan fingerprint density at radius 3 is 2.40 bits per heavy atom. The maximum atomic E-state index is 11.7. The molecule has 7 heteroatoms. The third-order valence-electron chi connectivity index (χ3n) is 5.57. The van der Waals surface area contributed by atoms with Crippen molar-refractivity contribution in [2.24, 2.45) is 0 Å². The molecule has 0 atom stereocenters. The first-order chi connectivity index (χ1) is 12.3. The Morgan fingerprint density at radius 2 is 1.68 bits per heavy atom. The van der Waals surface area contributed by atoms with Gasteiger partial charge in [0, 0.05) is 71.5 Å². The minimum absolute atomic E-state index is 0.325. The molecule has 25 heavy (non-hydrogen) atoms. The third-order valence-corrected chi connectivity index (χ3v) is 5.57. The molecule has 3 aliphatic rings. The Kier molecular flexibility index (Phi) is 5.01. The minimum atomic E-state index is 0.325. The smallest absolute Gasteiger partial charge is 0.227 e. The predicted octanol–water partition coefficient (Wildman–Crippen LogP) is 0.821. The molecular formula is C18H28N6O. The zero-order chi connectivity index (χ0) is 17.1. The van der Waals surface area contributed by atoms with Crippen LogP contribution in [0, 0.1) is 0 Å². The number of amides is 1. The molecule has 3 saturated heterocycles. The van der Waals surface area contributed by atoms with E-state index in [-0.39, 0.29) is 0 Å². The topological polar surface area (TPSA) is 55.8 Å². The van der Waals surface area contributed by atoms with Crippen molar-refractivity contribution in [3.63, 3.8) is 0 Å². The Hall–Kier alpha value is -1.89. The van der Waals surface area contributed by atoms with Crippen molar-refractivity contribution < 1.29 is 4.79 Å². The van der Waals surface area contributed by atoms with E-state index in [2.05, 4.69) is 19.7 Å². The summed E-state index contributed by atoms with van der Waals surface area (Å²) in [6, 6.07) is 2.03. The third kappa shape index (κ3) is 3.86. The van der Waals surface area contributed by atoms with Crippen molar-refractivity contribution >= 4 is 17.7 Å². The van der Waals surface area contributed by atoms with Crippen molar-refractivity contribution in [1.82, 2.24) is 19.8 Å². The van der Waals surface area contributed by atoms with Crippen LogP contribution in [0.5, 0.6) is 0 Å². The first kappa shape index (κ1) is 16.6. The van der Waals surface area contributed by atoms with E-state index < -0.39 is 0 Å². The molecule has 0 bridgehead atoms. The number of rotatable bonds is 5. The van der Waals surface area contributed by atoms with Crippen LogP contribution in [0.1, 0.15) is 25.7 Å². The monoisotopic (exact) mass is 344 g/mol.